The second-order valence-corrected chi connectivity index (χ2v) is 6.41. The van der Waals surface area contributed by atoms with Crippen LogP contribution in [-0.2, 0) is 11.2 Å². The first-order chi connectivity index (χ1) is 11.1. The highest BCUT2D eigenvalue weighted by Gasteiger charge is 2.35. The highest BCUT2D eigenvalue weighted by molar-refractivity contribution is 6.36. The highest BCUT2D eigenvalue weighted by Crippen LogP contribution is 2.39. The van der Waals surface area contributed by atoms with E-state index in [9.17, 15) is 4.79 Å². The predicted octanol–water partition coefficient (Wildman–Crippen LogP) is 3.24. The van der Waals surface area contributed by atoms with Crippen LogP contribution >= 0.6 is 23.2 Å². The molecule has 0 spiro atoms. The Morgan fingerprint density at radius 3 is 2.70 bits per heavy atom. The maximum Gasteiger partial charge on any atom is 0.278 e. The van der Waals surface area contributed by atoms with E-state index in [4.69, 9.17) is 27.7 Å². The van der Waals surface area contributed by atoms with E-state index in [2.05, 4.69) is 15.1 Å². The summed E-state index contributed by atoms with van der Waals surface area (Å²) in [6.07, 6.45) is 3.87. The highest BCUT2D eigenvalue weighted by atomic mass is 35.5. The zero-order chi connectivity index (χ0) is 16.0. The Kier molecular flexibility index (Phi) is 3.58. The zero-order valence-corrected chi connectivity index (χ0v) is 13.5. The lowest BCUT2D eigenvalue weighted by atomic mass is 10.1. The number of hydrogen-bond acceptors (Lipinski definition) is 5. The minimum absolute atomic E-state index is 0.218. The van der Waals surface area contributed by atoms with Crippen LogP contribution < -0.4 is 4.90 Å². The van der Waals surface area contributed by atoms with Gasteiger partial charge in [0.2, 0.25) is 5.89 Å². The summed E-state index contributed by atoms with van der Waals surface area (Å²) in [5, 5.41) is 4.91. The third kappa shape index (κ3) is 2.72. The number of aliphatic imine (C=N–C) groups is 1. The van der Waals surface area contributed by atoms with Crippen molar-refractivity contribution in [2.45, 2.75) is 31.2 Å². The van der Waals surface area contributed by atoms with E-state index in [0.29, 0.717) is 33.8 Å². The standard InChI is InChI=1S/C15H12Cl2N4O2/c16-10-2-1-3-11(17)9(10)6-12-14(22)21(7-18-12)15-19-13(23-20-15)8-4-5-8/h1-3,7-8,12H,4-6H2. The number of nitrogens with zero attached hydrogens (tertiary/aromatic N) is 4. The molecule has 1 aromatic carbocycles. The van der Waals surface area contributed by atoms with Crippen molar-refractivity contribution in [1.29, 1.82) is 0 Å². The summed E-state index contributed by atoms with van der Waals surface area (Å²) in [7, 11) is 0. The van der Waals surface area contributed by atoms with Gasteiger partial charge in [0.25, 0.3) is 11.9 Å². The largest absolute Gasteiger partial charge is 0.337 e. The lowest BCUT2D eigenvalue weighted by Gasteiger charge is -2.12. The van der Waals surface area contributed by atoms with Crippen molar-refractivity contribution < 1.29 is 9.32 Å². The Hall–Kier alpha value is -1.92. The molecule has 8 heteroatoms. The number of rotatable bonds is 4. The van der Waals surface area contributed by atoms with Crippen molar-refractivity contribution in [1.82, 2.24) is 10.1 Å². The van der Waals surface area contributed by atoms with Gasteiger partial charge in [0, 0.05) is 22.4 Å². The van der Waals surface area contributed by atoms with Gasteiger partial charge in [-0.3, -0.25) is 9.79 Å². The van der Waals surface area contributed by atoms with E-state index < -0.39 is 6.04 Å². The van der Waals surface area contributed by atoms with E-state index in [-0.39, 0.29) is 11.9 Å². The number of amides is 1. The van der Waals surface area contributed by atoms with Crippen molar-refractivity contribution in [3.05, 3.63) is 39.7 Å². The molecule has 6 nitrogen and oxygen atoms in total. The molecule has 4 rings (SSSR count). The van der Waals surface area contributed by atoms with Crippen molar-refractivity contribution in [3.63, 3.8) is 0 Å². The molecule has 1 saturated carbocycles. The summed E-state index contributed by atoms with van der Waals surface area (Å²) in [6, 6.07) is 4.66. The molecule has 1 unspecified atom stereocenters. The summed E-state index contributed by atoms with van der Waals surface area (Å²) in [6.45, 7) is 0. The number of halogens is 2. The third-order valence-corrected chi connectivity index (χ3v) is 4.63. The van der Waals surface area contributed by atoms with Crippen molar-refractivity contribution in [3.8, 4) is 0 Å². The average molecular weight is 351 g/mol. The van der Waals surface area contributed by atoms with Gasteiger partial charge in [0.15, 0.2) is 0 Å². The normalized spacial score (nSPS) is 20.5. The fourth-order valence-electron chi connectivity index (χ4n) is 2.46. The van der Waals surface area contributed by atoms with Gasteiger partial charge >= 0.3 is 0 Å². The molecule has 1 atom stereocenters. The van der Waals surface area contributed by atoms with E-state index >= 15 is 0 Å². The number of benzene rings is 1. The van der Waals surface area contributed by atoms with Crippen LogP contribution in [0.4, 0.5) is 5.95 Å². The first-order valence-corrected chi connectivity index (χ1v) is 8.02. The van der Waals surface area contributed by atoms with Gasteiger partial charge in [-0.15, -0.1) is 0 Å². The van der Waals surface area contributed by atoms with Crippen LogP contribution in [0.1, 0.15) is 30.2 Å². The molecule has 1 fully saturated rings. The minimum Gasteiger partial charge on any atom is -0.337 e. The molecule has 0 bridgehead atoms. The minimum atomic E-state index is -0.588. The Morgan fingerprint density at radius 1 is 1.26 bits per heavy atom. The van der Waals surface area contributed by atoms with Crippen molar-refractivity contribution in [2.75, 3.05) is 4.90 Å². The molecule has 0 radical (unpaired) electrons. The molecular weight excluding hydrogens is 339 g/mol. The number of anilines is 1. The number of carbonyl (C=O) groups excluding carboxylic acids is 1. The molecule has 0 N–H and O–H groups in total. The van der Waals surface area contributed by atoms with Crippen LogP contribution in [0, 0.1) is 0 Å². The summed E-state index contributed by atoms with van der Waals surface area (Å²) in [5.41, 5.74) is 0.708. The van der Waals surface area contributed by atoms with Crippen molar-refractivity contribution >= 4 is 41.4 Å². The van der Waals surface area contributed by atoms with Crippen LogP contribution in [0.5, 0.6) is 0 Å². The summed E-state index contributed by atoms with van der Waals surface area (Å²) in [4.78, 5) is 22.3. The van der Waals surface area contributed by atoms with Crippen LogP contribution in [0.3, 0.4) is 0 Å². The summed E-state index contributed by atoms with van der Waals surface area (Å²) in [5.74, 6) is 0.931. The fraction of sp³-hybridized carbons (Fsp3) is 0.333. The van der Waals surface area contributed by atoms with E-state index in [1.165, 1.54) is 11.2 Å². The molecule has 118 valence electrons. The average Bonchev–Trinajstić information content (AvgIpc) is 3.16. The SMILES string of the molecule is O=C1C(Cc2c(Cl)cccc2Cl)N=CN1c1noc(C2CC2)n1. The molecule has 1 aromatic heterocycles. The molecule has 2 heterocycles. The first-order valence-electron chi connectivity index (χ1n) is 7.26. The van der Waals surface area contributed by atoms with E-state index in [1.54, 1.807) is 18.2 Å². The Labute approximate surface area is 142 Å². The Morgan fingerprint density at radius 2 is 2.00 bits per heavy atom. The van der Waals surface area contributed by atoms with Crippen molar-refractivity contribution in [2.24, 2.45) is 4.99 Å². The van der Waals surface area contributed by atoms with Crippen LogP contribution in [0.25, 0.3) is 0 Å². The third-order valence-electron chi connectivity index (χ3n) is 3.92. The monoisotopic (exact) mass is 350 g/mol. The Balaban J connectivity index is 1.52. The molecule has 1 aliphatic heterocycles. The van der Waals surface area contributed by atoms with Gasteiger partial charge in [0.05, 0.1) is 0 Å². The summed E-state index contributed by atoms with van der Waals surface area (Å²) >= 11 is 12.3. The maximum atomic E-state index is 12.5. The summed E-state index contributed by atoms with van der Waals surface area (Å²) < 4.78 is 5.18. The molecule has 0 saturated heterocycles. The lowest BCUT2D eigenvalue weighted by Crippen LogP contribution is -2.32. The quantitative estimate of drug-likeness (QED) is 0.848. The van der Waals surface area contributed by atoms with Crippen LogP contribution in [0.2, 0.25) is 10.0 Å². The topological polar surface area (TPSA) is 71.6 Å². The van der Waals surface area contributed by atoms with Gasteiger partial charge in [0.1, 0.15) is 12.4 Å². The fourth-order valence-corrected chi connectivity index (χ4v) is 3.01. The van der Waals surface area contributed by atoms with Crippen LogP contribution in [0.15, 0.2) is 27.7 Å². The lowest BCUT2D eigenvalue weighted by molar-refractivity contribution is -0.118. The molecular formula is C15H12Cl2N4O2. The van der Waals surface area contributed by atoms with Gasteiger partial charge in [-0.25, -0.2) is 4.90 Å². The van der Waals surface area contributed by atoms with E-state index in [1.807, 2.05) is 0 Å². The second-order valence-electron chi connectivity index (χ2n) is 5.60. The smallest absolute Gasteiger partial charge is 0.278 e. The number of hydrogen-bond donors (Lipinski definition) is 0. The van der Waals surface area contributed by atoms with Gasteiger partial charge in [-0.05, 0) is 35.7 Å². The number of aromatic nitrogens is 2. The Bertz CT molecular complexity index is 780. The number of carbonyl (C=O) groups is 1. The second kappa shape index (κ2) is 5.62. The maximum absolute atomic E-state index is 12.5. The van der Waals surface area contributed by atoms with Gasteiger partial charge in [-0.2, -0.15) is 4.98 Å². The van der Waals surface area contributed by atoms with Crippen LogP contribution in [-0.4, -0.2) is 28.4 Å². The molecule has 1 amide bonds. The van der Waals surface area contributed by atoms with E-state index in [0.717, 1.165) is 12.8 Å². The van der Waals surface area contributed by atoms with Gasteiger partial charge in [-0.1, -0.05) is 29.3 Å². The molecule has 2 aromatic rings. The molecule has 2 aliphatic rings. The predicted molar refractivity (Wildman–Crippen MR) is 86.2 cm³/mol. The molecule has 1 aliphatic carbocycles. The molecule has 23 heavy (non-hydrogen) atoms. The zero-order valence-electron chi connectivity index (χ0n) is 11.9. The first kappa shape index (κ1) is 14.7. The van der Waals surface area contributed by atoms with Gasteiger partial charge < -0.3 is 4.52 Å².